The average Bonchev–Trinajstić information content (AvgIpc) is 2.47. The van der Waals surface area contributed by atoms with Crippen molar-refractivity contribution in [3.05, 3.63) is 29.0 Å². The molecule has 1 aromatic carbocycles. The van der Waals surface area contributed by atoms with E-state index in [1.165, 1.54) is 17.5 Å². The van der Waals surface area contributed by atoms with Crippen molar-refractivity contribution in [2.24, 2.45) is 0 Å². The lowest BCUT2D eigenvalue weighted by atomic mass is 10.1. The van der Waals surface area contributed by atoms with Crippen molar-refractivity contribution in [2.45, 2.75) is 19.4 Å². The Morgan fingerprint density at radius 3 is 3.23 bits per heavy atom. The minimum Gasteiger partial charge on any atom is -0.314 e. The van der Waals surface area contributed by atoms with Gasteiger partial charge in [0.25, 0.3) is 0 Å². The summed E-state index contributed by atoms with van der Waals surface area (Å²) in [4.78, 5) is 4.31. The van der Waals surface area contributed by atoms with Gasteiger partial charge in [0.1, 0.15) is 0 Å². The number of imidazole rings is 1. The van der Waals surface area contributed by atoms with Crippen molar-refractivity contribution in [3.63, 3.8) is 0 Å². The monoisotopic (exact) mass is 192 g/mol. The maximum atomic E-state index is 6.03. The molecule has 0 bridgehead atoms. The Bertz CT molecular complexity index is 473. The number of benzene rings is 1. The lowest BCUT2D eigenvalue weighted by molar-refractivity contribution is 0.633. The number of para-hydroxylation sites is 1. The second kappa shape index (κ2) is 2.48. The third-order valence-electron chi connectivity index (χ3n) is 2.63. The molecular weight excluding hydrogens is 184 g/mol. The Hall–Kier alpha value is -1.02. The molecule has 2 aromatic rings. The van der Waals surface area contributed by atoms with Crippen molar-refractivity contribution >= 4 is 22.6 Å². The molecule has 0 atom stereocenters. The molecule has 2 heterocycles. The Balaban J connectivity index is 2.51. The normalized spacial score (nSPS) is 15.2. The second-order valence-electron chi connectivity index (χ2n) is 3.42. The summed E-state index contributed by atoms with van der Waals surface area (Å²) in [6, 6.07) is 6.24. The first-order valence-electron chi connectivity index (χ1n) is 4.50. The molecule has 0 fully saturated rings. The molecule has 0 radical (unpaired) electrons. The molecule has 0 saturated heterocycles. The van der Waals surface area contributed by atoms with Gasteiger partial charge in [-0.2, -0.15) is 0 Å². The van der Waals surface area contributed by atoms with Crippen molar-refractivity contribution < 1.29 is 0 Å². The van der Waals surface area contributed by atoms with Gasteiger partial charge < -0.3 is 4.57 Å². The molecule has 0 N–H and O–H groups in total. The highest BCUT2D eigenvalue weighted by atomic mass is 35.5. The van der Waals surface area contributed by atoms with E-state index >= 15 is 0 Å². The van der Waals surface area contributed by atoms with Crippen molar-refractivity contribution in [1.82, 2.24) is 9.55 Å². The third kappa shape index (κ3) is 0.923. The summed E-state index contributed by atoms with van der Waals surface area (Å²) in [5.41, 5.74) is 3.64. The van der Waals surface area contributed by atoms with Crippen LogP contribution in [0.5, 0.6) is 0 Å². The fourth-order valence-electron chi connectivity index (χ4n) is 2.07. The van der Waals surface area contributed by atoms with Crippen LogP contribution in [0.2, 0.25) is 5.28 Å². The Labute approximate surface area is 81.1 Å². The van der Waals surface area contributed by atoms with Crippen LogP contribution in [0.1, 0.15) is 12.0 Å². The van der Waals surface area contributed by atoms with Gasteiger partial charge in [0.15, 0.2) is 0 Å². The van der Waals surface area contributed by atoms with Crippen LogP contribution in [-0.2, 0) is 13.0 Å². The van der Waals surface area contributed by atoms with E-state index in [1.54, 1.807) is 0 Å². The van der Waals surface area contributed by atoms with Gasteiger partial charge in [-0.05, 0) is 36.1 Å². The van der Waals surface area contributed by atoms with E-state index in [0.717, 1.165) is 18.5 Å². The number of aromatic nitrogens is 2. The van der Waals surface area contributed by atoms with Gasteiger partial charge in [-0.3, -0.25) is 0 Å². The molecule has 3 heteroatoms. The van der Waals surface area contributed by atoms with Gasteiger partial charge >= 0.3 is 0 Å². The van der Waals surface area contributed by atoms with Crippen molar-refractivity contribution in [3.8, 4) is 0 Å². The van der Waals surface area contributed by atoms with Gasteiger partial charge in [-0.1, -0.05) is 12.1 Å². The highest BCUT2D eigenvalue weighted by Crippen LogP contribution is 2.27. The summed E-state index contributed by atoms with van der Waals surface area (Å²) in [5.74, 6) is 0. The molecule has 0 aliphatic carbocycles. The standard InChI is InChI=1S/C10H9ClN2/c11-10-12-8-5-1-3-7-4-2-6-13(10)9(7)8/h1,3,5H,2,4,6H2. The van der Waals surface area contributed by atoms with Crippen LogP contribution >= 0.6 is 11.6 Å². The minimum absolute atomic E-state index is 0.627. The molecule has 1 aliphatic rings. The van der Waals surface area contributed by atoms with E-state index < -0.39 is 0 Å². The van der Waals surface area contributed by atoms with Crippen LogP contribution in [-0.4, -0.2) is 9.55 Å². The summed E-state index contributed by atoms with van der Waals surface area (Å²) < 4.78 is 2.11. The number of hydrogen-bond donors (Lipinski definition) is 0. The predicted octanol–water partition coefficient (Wildman–Crippen LogP) is 2.64. The number of aryl methyl sites for hydroxylation is 2. The van der Waals surface area contributed by atoms with Gasteiger partial charge in [-0.15, -0.1) is 0 Å². The van der Waals surface area contributed by atoms with Crippen molar-refractivity contribution in [2.75, 3.05) is 0 Å². The smallest absolute Gasteiger partial charge is 0.203 e. The number of halogens is 1. The largest absolute Gasteiger partial charge is 0.314 e. The summed E-state index contributed by atoms with van der Waals surface area (Å²) in [5, 5.41) is 0.627. The van der Waals surface area contributed by atoms with E-state index in [1.807, 2.05) is 6.07 Å². The molecule has 1 aliphatic heterocycles. The highest BCUT2D eigenvalue weighted by Gasteiger charge is 2.15. The first-order chi connectivity index (χ1) is 6.36. The Morgan fingerprint density at radius 1 is 1.38 bits per heavy atom. The highest BCUT2D eigenvalue weighted by molar-refractivity contribution is 6.29. The first kappa shape index (κ1) is 7.39. The average molecular weight is 193 g/mol. The fourth-order valence-corrected chi connectivity index (χ4v) is 2.33. The predicted molar refractivity (Wildman–Crippen MR) is 53.1 cm³/mol. The summed E-state index contributed by atoms with van der Waals surface area (Å²) in [6.07, 6.45) is 2.32. The molecule has 1 aromatic heterocycles. The van der Waals surface area contributed by atoms with Crippen LogP contribution in [0.25, 0.3) is 11.0 Å². The van der Waals surface area contributed by atoms with E-state index in [0.29, 0.717) is 5.28 Å². The molecule has 2 nitrogen and oxygen atoms in total. The van der Waals surface area contributed by atoms with E-state index in [4.69, 9.17) is 11.6 Å². The summed E-state index contributed by atoms with van der Waals surface area (Å²) >= 11 is 6.03. The maximum Gasteiger partial charge on any atom is 0.203 e. The van der Waals surface area contributed by atoms with E-state index in [-0.39, 0.29) is 0 Å². The molecule has 0 spiro atoms. The van der Waals surface area contributed by atoms with Crippen LogP contribution in [0.4, 0.5) is 0 Å². The quantitative estimate of drug-likeness (QED) is 0.628. The maximum absolute atomic E-state index is 6.03. The minimum atomic E-state index is 0.627. The topological polar surface area (TPSA) is 17.8 Å². The Morgan fingerprint density at radius 2 is 2.31 bits per heavy atom. The lowest BCUT2D eigenvalue weighted by Gasteiger charge is -2.14. The van der Waals surface area contributed by atoms with Crippen LogP contribution in [0.3, 0.4) is 0 Å². The lowest BCUT2D eigenvalue weighted by Crippen LogP contribution is -2.07. The van der Waals surface area contributed by atoms with Crippen molar-refractivity contribution in [1.29, 1.82) is 0 Å². The molecule has 0 unspecified atom stereocenters. The second-order valence-corrected chi connectivity index (χ2v) is 3.76. The molecule has 13 heavy (non-hydrogen) atoms. The molecular formula is C10H9ClN2. The summed E-state index contributed by atoms with van der Waals surface area (Å²) in [6.45, 7) is 1.01. The zero-order valence-corrected chi connectivity index (χ0v) is 7.88. The zero-order valence-electron chi connectivity index (χ0n) is 7.13. The van der Waals surface area contributed by atoms with Gasteiger partial charge in [-0.25, -0.2) is 4.98 Å². The van der Waals surface area contributed by atoms with Crippen LogP contribution < -0.4 is 0 Å². The van der Waals surface area contributed by atoms with E-state index in [2.05, 4.69) is 21.7 Å². The number of hydrogen-bond acceptors (Lipinski definition) is 1. The molecule has 3 rings (SSSR count). The van der Waals surface area contributed by atoms with E-state index in [9.17, 15) is 0 Å². The fraction of sp³-hybridized carbons (Fsp3) is 0.300. The zero-order chi connectivity index (χ0) is 8.84. The number of rotatable bonds is 0. The van der Waals surface area contributed by atoms with Gasteiger partial charge in [0.05, 0.1) is 11.0 Å². The molecule has 0 amide bonds. The molecule has 0 saturated carbocycles. The Kier molecular flexibility index (Phi) is 1.41. The summed E-state index contributed by atoms with van der Waals surface area (Å²) in [7, 11) is 0. The number of nitrogens with zero attached hydrogens (tertiary/aromatic N) is 2. The first-order valence-corrected chi connectivity index (χ1v) is 4.88. The van der Waals surface area contributed by atoms with Crippen LogP contribution in [0, 0.1) is 0 Å². The van der Waals surface area contributed by atoms with Crippen LogP contribution in [0.15, 0.2) is 18.2 Å². The molecule has 66 valence electrons. The SMILES string of the molecule is Clc1nc2cccc3c2n1CCC3. The van der Waals surface area contributed by atoms with Gasteiger partial charge in [0, 0.05) is 6.54 Å². The third-order valence-corrected chi connectivity index (χ3v) is 2.92. The van der Waals surface area contributed by atoms with Gasteiger partial charge in [0.2, 0.25) is 5.28 Å².